The molecule has 4 bridgehead atoms. The standard InChI is InChI=1S/C28H34N4O3S/c1-2-21(14-33)30-27(35)24-23(20-5-7-36-15-20)31-25-22(4-3-6-32(24)25)26(34)29-16-28-11-17-8-18(12-28)10-19(9-17)13-28/h3-7,15,17-19,21,33H,2,8-14,16H2,1H3,(H,29,34)(H,30,35)/t17?,18?,19?,21-,28?/m0/s1. The van der Waals surface area contributed by atoms with Crippen LogP contribution in [0.5, 0.6) is 0 Å². The highest BCUT2D eigenvalue weighted by molar-refractivity contribution is 7.08. The van der Waals surface area contributed by atoms with Crippen molar-refractivity contribution in [2.45, 2.75) is 57.9 Å². The fraction of sp³-hybridized carbons (Fsp3) is 0.536. The Labute approximate surface area is 215 Å². The molecule has 190 valence electrons. The molecule has 3 aromatic heterocycles. The van der Waals surface area contributed by atoms with Gasteiger partial charge in [-0.15, -0.1) is 0 Å². The molecule has 4 saturated carbocycles. The van der Waals surface area contributed by atoms with Crippen molar-refractivity contribution in [3.63, 3.8) is 0 Å². The smallest absolute Gasteiger partial charge is 0.270 e. The van der Waals surface area contributed by atoms with Crippen LogP contribution in [-0.2, 0) is 0 Å². The van der Waals surface area contributed by atoms with Gasteiger partial charge in [0.2, 0.25) is 0 Å². The van der Waals surface area contributed by atoms with E-state index in [-0.39, 0.29) is 29.9 Å². The Hall–Kier alpha value is -2.71. The number of imidazole rings is 1. The van der Waals surface area contributed by atoms with Crippen LogP contribution in [0, 0.1) is 23.2 Å². The van der Waals surface area contributed by atoms with Gasteiger partial charge in [0.1, 0.15) is 11.4 Å². The van der Waals surface area contributed by atoms with E-state index >= 15 is 0 Å². The molecule has 7 nitrogen and oxygen atoms in total. The van der Waals surface area contributed by atoms with Crippen molar-refractivity contribution in [1.29, 1.82) is 0 Å². The van der Waals surface area contributed by atoms with Gasteiger partial charge in [-0.2, -0.15) is 11.3 Å². The summed E-state index contributed by atoms with van der Waals surface area (Å²) in [7, 11) is 0. The van der Waals surface area contributed by atoms with E-state index in [4.69, 9.17) is 4.98 Å². The molecule has 0 aromatic carbocycles. The number of carbonyl (C=O) groups excluding carboxylic acids is 2. The van der Waals surface area contributed by atoms with E-state index in [1.54, 1.807) is 22.7 Å². The average Bonchev–Trinajstić information content (AvgIpc) is 3.53. The highest BCUT2D eigenvalue weighted by atomic mass is 32.1. The lowest BCUT2D eigenvalue weighted by molar-refractivity contribution is -0.0503. The topological polar surface area (TPSA) is 95.7 Å². The van der Waals surface area contributed by atoms with Crippen molar-refractivity contribution < 1.29 is 14.7 Å². The second kappa shape index (κ2) is 9.30. The molecule has 4 aliphatic carbocycles. The predicted octanol–water partition coefficient (Wildman–Crippen LogP) is 4.51. The summed E-state index contributed by atoms with van der Waals surface area (Å²) < 4.78 is 1.71. The first-order chi connectivity index (χ1) is 17.5. The number of nitrogens with one attached hydrogen (secondary N) is 2. The Kier molecular flexibility index (Phi) is 6.12. The summed E-state index contributed by atoms with van der Waals surface area (Å²) in [5, 5.41) is 19.7. The van der Waals surface area contributed by atoms with Gasteiger partial charge in [0.05, 0.1) is 18.2 Å². The lowest BCUT2D eigenvalue weighted by Crippen LogP contribution is -2.51. The van der Waals surface area contributed by atoms with Crippen LogP contribution >= 0.6 is 11.3 Å². The maximum absolute atomic E-state index is 13.5. The second-order valence-electron chi connectivity index (χ2n) is 11.3. The third-order valence-corrected chi connectivity index (χ3v) is 9.42. The molecule has 3 heterocycles. The molecule has 3 N–H and O–H groups in total. The first-order valence-electron chi connectivity index (χ1n) is 13.2. The van der Waals surface area contributed by atoms with Gasteiger partial charge in [-0.3, -0.25) is 14.0 Å². The largest absolute Gasteiger partial charge is 0.394 e. The van der Waals surface area contributed by atoms with Gasteiger partial charge < -0.3 is 15.7 Å². The minimum absolute atomic E-state index is 0.132. The molecule has 0 unspecified atom stereocenters. The molecule has 36 heavy (non-hydrogen) atoms. The van der Waals surface area contributed by atoms with Crippen LogP contribution in [0.3, 0.4) is 0 Å². The van der Waals surface area contributed by atoms with E-state index in [0.717, 1.165) is 29.9 Å². The maximum atomic E-state index is 13.5. The number of carbonyl (C=O) groups is 2. The number of thiophene rings is 1. The Morgan fingerprint density at radius 2 is 1.89 bits per heavy atom. The highest BCUT2D eigenvalue weighted by Gasteiger charge is 2.50. The molecule has 0 radical (unpaired) electrons. The number of rotatable bonds is 8. The second-order valence-corrected chi connectivity index (χ2v) is 12.1. The van der Waals surface area contributed by atoms with Crippen molar-refractivity contribution in [2.24, 2.45) is 23.2 Å². The third-order valence-electron chi connectivity index (χ3n) is 8.74. The molecule has 3 aromatic rings. The van der Waals surface area contributed by atoms with Gasteiger partial charge in [0.25, 0.3) is 11.8 Å². The van der Waals surface area contributed by atoms with Gasteiger partial charge in [0.15, 0.2) is 5.65 Å². The van der Waals surface area contributed by atoms with E-state index in [9.17, 15) is 14.7 Å². The zero-order chi connectivity index (χ0) is 24.9. The van der Waals surface area contributed by atoms with Gasteiger partial charge in [-0.05, 0) is 91.7 Å². The van der Waals surface area contributed by atoms with E-state index in [0.29, 0.717) is 29.0 Å². The van der Waals surface area contributed by atoms with Crippen molar-refractivity contribution in [1.82, 2.24) is 20.0 Å². The number of aromatic nitrogens is 2. The number of hydrogen-bond donors (Lipinski definition) is 3. The third kappa shape index (κ3) is 4.14. The number of aliphatic hydroxyl groups excluding tert-OH is 1. The number of pyridine rings is 1. The van der Waals surface area contributed by atoms with Gasteiger partial charge >= 0.3 is 0 Å². The minimum atomic E-state index is -0.342. The SMILES string of the molecule is CC[C@@H](CO)NC(=O)c1c(-c2ccsc2)nc2c(C(=O)NCC34CC5CC(CC(C5)C3)C4)cccn12. The molecule has 0 saturated heterocycles. The summed E-state index contributed by atoms with van der Waals surface area (Å²) >= 11 is 1.53. The normalized spacial score (nSPS) is 27.3. The Morgan fingerprint density at radius 3 is 2.50 bits per heavy atom. The summed E-state index contributed by atoms with van der Waals surface area (Å²) in [5.41, 5.74) is 2.97. The minimum Gasteiger partial charge on any atom is -0.394 e. The number of nitrogens with zero attached hydrogens (tertiary/aromatic N) is 2. The zero-order valence-corrected chi connectivity index (χ0v) is 21.5. The monoisotopic (exact) mass is 506 g/mol. The van der Waals surface area contributed by atoms with Crippen LogP contribution in [0.2, 0.25) is 0 Å². The van der Waals surface area contributed by atoms with Gasteiger partial charge in [-0.1, -0.05) is 6.92 Å². The van der Waals surface area contributed by atoms with Crippen LogP contribution in [0.15, 0.2) is 35.2 Å². The van der Waals surface area contributed by atoms with Crippen molar-refractivity contribution in [2.75, 3.05) is 13.2 Å². The molecule has 0 aliphatic heterocycles. The molecule has 2 amide bonds. The lowest BCUT2D eigenvalue weighted by Gasteiger charge is -2.56. The Morgan fingerprint density at radius 1 is 1.17 bits per heavy atom. The van der Waals surface area contributed by atoms with Gasteiger partial charge in [0, 0.05) is 23.7 Å². The summed E-state index contributed by atoms with van der Waals surface area (Å²) in [6, 6.07) is 5.18. The number of aliphatic hydroxyl groups is 1. The van der Waals surface area contributed by atoms with Crippen LogP contribution < -0.4 is 10.6 Å². The maximum Gasteiger partial charge on any atom is 0.270 e. The van der Waals surface area contributed by atoms with Gasteiger partial charge in [-0.25, -0.2) is 4.98 Å². The van der Waals surface area contributed by atoms with Crippen molar-refractivity contribution >= 4 is 28.8 Å². The molecule has 4 aliphatic rings. The molecule has 1 atom stereocenters. The molecular weight excluding hydrogens is 472 g/mol. The molecule has 8 heteroatoms. The zero-order valence-electron chi connectivity index (χ0n) is 20.7. The molecule has 0 spiro atoms. The Bertz CT molecular complexity index is 1240. The van der Waals surface area contributed by atoms with Crippen LogP contribution in [-0.4, -0.2) is 45.5 Å². The van der Waals surface area contributed by atoms with Crippen molar-refractivity contribution in [3.05, 3.63) is 46.4 Å². The first-order valence-corrected chi connectivity index (χ1v) is 14.2. The summed E-state index contributed by atoms with van der Waals surface area (Å²) in [6.45, 7) is 2.50. The van der Waals surface area contributed by atoms with E-state index in [1.165, 1.54) is 49.9 Å². The number of amides is 2. The van der Waals surface area contributed by atoms with Crippen LogP contribution in [0.1, 0.15) is 72.7 Å². The van der Waals surface area contributed by atoms with E-state index in [1.807, 2.05) is 23.8 Å². The summed E-state index contributed by atoms with van der Waals surface area (Å²) in [4.78, 5) is 31.7. The Balaban J connectivity index is 1.31. The molecule has 4 fully saturated rings. The van der Waals surface area contributed by atoms with E-state index < -0.39 is 0 Å². The lowest BCUT2D eigenvalue weighted by atomic mass is 9.49. The molecular formula is C28H34N4O3S. The van der Waals surface area contributed by atoms with Crippen LogP contribution in [0.25, 0.3) is 16.9 Å². The molecule has 7 rings (SSSR count). The quantitative estimate of drug-likeness (QED) is 0.419. The summed E-state index contributed by atoms with van der Waals surface area (Å²) in [6.07, 6.45) is 10.3. The van der Waals surface area contributed by atoms with E-state index in [2.05, 4.69) is 10.6 Å². The average molecular weight is 507 g/mol. The number of fused-ring (bicyclic) bond motifs is 1. The number of hydrogen-bond acceptors (Lipinski definition) is 5. The van der Waals surface area contributed by atoms with Crippen LogP contribution in [0.4, 0.5) is 0 Å². The van der Waals surface area contributed by atoms with Crippen molar-refractivity contribution in [3.8, 4) is 11.3 Å². The fourth-order valence-corrected chi connectivity index (χ4v) is 8.10. The fourth-order valence-electron chi connectivity index (χ4n) is 7.46. The first kappa shape index (κ1) is 23.7. The summed E-state index contributed by atoms with van der Waals surface area (Å²) in [5.74, 6) is 2.07. The predicted molar refractivity (Wildman–Crippen MR) is 140 cm³/mol. The highest BCUT2D eigenvalue weighted by Crippen LogP contribution is 2.59.